The Hall–Kier alpha value is -1.42. The number of aryl methyl sites for hydroxylation is 1. The van der Waals surface area contributed by atoms with Crippen molar-refractivity contribution in [2.24, 2.45) is 0 Å². The zero-order chi connectivity index (χ0) is 14.6. The van der Waals surface area contributed by atoms with Gasteiger partial charge in [-0.15, -0.1) is 11.8 Å². The summed E-state index contributed by atoms with van der Waals surface area (Å²) in [4.78, 5) is 0.841. The average Bonchev–Trinajstić information content (AvgIpc) is 2.41. The molecule has 0 N–H and O–H groups in total. The highest BCUT2D eigenvalue weighted by molar-refractivity contribution is 7.99. The maximum Gasteiger partial charge on any atom is 0.400 e. The van der Waals surface area contributed by atoms with Gasteiger partial charge >= 0.3 is 6.18 Å². The summed E-state index contributed by atoms with van der Waals surface area (Å²) in [6, 6.07) is 15.4. The molecule has 0 saturated heterocycles. The molecule has 0 aromatic heterocycles. The van der Waals surface area contributed by atoms with E-state index < -0.39 is 12.1 Å². The van der Waals surface area contributed by atoms with Crippen LogP contribution in [0, 0.1) is 12.8 Å². The van der Waals surface area contributed by atoms with Crippen LogP contribution in [0.5, 0.6) is 0 Å². The molecule has 105 valence electrons. The van der Waals surface area contributed by atoms with Crippen molar-refractivity contribution in [1.82, 2.24) is 0 Å². The minimum Gasteiger partial charge on any atom is -0.170 e. The Labute approximate surface area is 121 Å². The minimum absolute atomic E-state index is 0.0867. The van der Waals surface area contributed by atoms with Crippen molar-refractivity contribution >= 4 is 11.8 Å². The monoisotopic (exact) mass is 295 g/mol. The van der Waals surface area contributed by atoms with E-state index in [1.54, 1.807) is 18.2 Å². The molecule has 2 aromatic carbocycles. The number of benzene rings is 2. The van der Waals surface area contributed by atoms with Crippen LogP contribution in [0.3, 0.4) is 0 Å². The van der Waals surface area contributed by atoms with Gasteiger partial charge in [0.15, 0.2) is 0 Å². The number of halogens is 3. The second-order valence-electron chi connectivity index (χ2n) is 4.44. The van der Waals surface area contributed by atoms with Crippen LogP contribution >= 0.6 is 11.8 Å². The Morgan fingerprint density at radius 3 is 2.10 bits per heavy atom. The SMILES string of the molecule is Cc1ccc(SC[C](c2ccccc2)C(F)(F)F)cc1. The highest BCUT2D eigenvalue weighted by atomic mass is 32.2. The smallest absolute Gasteiger partial charge is 0.170 e. The topological polar surface area (TPSA) is 0 Å². The fourth-order valence-corrected chi connectivity index (χ4v) is 2.73. The molecule has 0 unspecified atom stereocenters. The molecular formula is C16H14F3S. The van der Waals surface area contributed by atoms with E-state index in [0.29, 0.717) is 0 Å². The summed E-state index contributed by atoms with van der Waals surface area (Å²) < 4.78 is 39.4. The van der Waals surface area contributed by atoms with Crippen molar-refractivity contribution in [2.45, 2.75) is 18.0 Å². The lowest BCUT2D eigenvalue weighted by atomic mass is 10.0. The number of hydrogen-bond acceptors (Lipinski definition) is 1. The summed E-state index contributed by atoms with van der Waals surface area (Å²) in [5.74, 6) is -0.583. The fraction of sp³-hybridized carbons (Fsp3) is 0.188. The minimum atomic E-state index is -4.31. The molecule has 0 aliphatic heterocycles. The quantitative estimate of drug-likeness (QED) is 0.692. The van der Waals surface area contributed by atoms with Gasteiger partial charge in [-0.25, -0.2) is 0 Å². The molecule has 20 heavy (non-hydrogen) atoms. The standard InChI is InChI=1S/C16H14F3S/c1-12-7-9-14(10-8-12)20-11-15(16(17,18)19)13-5-3-2-4-6-13/h2-10H,11H2,1H3. The molecule has 0 aliphatic rings. The highest BCUT2D eigenvalue weighted by Crippen LogP contribution is 2.37. The summed E-state index contributed by atoms with van der Waals surface area (Å²) in [7, 11) is 0. The van der Waals surface area contributed by atoms with E-state index in [9.17, 15) is 13.2 Å². The van der Waals surface area contributed by atoms with Gasteiger partial charge in [0.1, 0.15) is 5.92 Å². The highest BCUT2D eigenvalue weighted by Gasteiger charge is 2.41. The summed E-state index contributed by atoms with van der Waals surface area (Å²) in [5.41, 5.74) is 1.33. The lowest BCUT2D eigenvalue weighted by molar-refractivity contribution is -0.107. The normalized spacial score (nSPS) is 11.8. The number of alkyl halides is 3. The predicted molar refractivity (Wildman–Crippen MR) is 76.7 cm³/mol. The molecule has 4 heteroatoms. The third kappa shape index (κ3) is 4.04. The lowest BCUT2D eigenvalue weighted by Crippen LogP contribution is -2.23. The molecular weight excluding hydrogens is 281 g/mol. The molecule has 0 nitrogen and oxygen atoms in total. The van der Waals surface area contributed by atoms with Crippen molar-refractivity contribution in [1.29, 1.82) is 0 Å². The second-order valence-corrected chi connectivity index (χ2v) is 5.49. The van der Waals surface area contributed by atoms with Crippen molar-refractivity contribution in [2.75, 3.05) is 5.75 Å². The zero-order valence-corrected chi connectivity index (χ0v) is 11.8. The van der Waals surface area contributed by atoms with Crippen molar-refractivity contribution in [3.05, 3.63) is 71.6 Å². The molecule has 0 heterocycles. The van der Waals surface area contributed by atoms with Crippen LogP contribution in [-0.2, 0) is 0 Å². The van der Waals surface area contributed by atoms with Crippen LogP contribution in [0.4, 0.5) is 13.2 Å². The molecule has 2 aromatic rings. The predicted octanol–water partition coefficient (Wildman–Crippen LogP) is 5.27. The van der Waals surface area contributed by atoms with Crippen LogP contribution in [0.1, 0.15) is 11.1 Å². The first-order valence-electron chi connectivity index (χ1n) is 6.15. The Kier molecular flexibility index (Phi) is 4.76. The van der Waals surface area contributed by atoms with Crippen molar-refractivity contribution in [3.8, 4) is 0 Å². The molecule has 0 bridgehead atoms. The van der Waals surface area contributed by atoms with Gasteiger partial charge in [-0.3, -0.25) is 0 Å². The van der Waals surface area contributed by atoms with Gasteiger partial charge in [0.05, 0.1) is 0 Å². The van der Waals surface area contributed by atoms with E-state index in [4.69, 9.17) is 0 Å². The lowest BCUT2D eigenvalue weighted by Gasteiger charge is -2.19. The number of rotatable bonds is 4. The van der Waals surface area contributed by atoms with Crippen LogP contribution in [0.15, 0.2) is 59.5 Å². The van der Waals surface area contributed by atoms with Gasteiger partial charge in [0.2, 0.25) is 0 Å². The maximum absolute atomic E-state index is 13.1. The van der Waals surface area contributed by atoms with Gasteiger partial charge in [0, 0.05) is 10.6 Å². The van der Waals surface area contributed by atoms with E-state index in [2.05, 4.69) is 0 Å². The van der Waals surface area contributed by atoms with Crippen LogP contribution in [0.2, 0.25) is 0 Å². The van der Waals surface area contributed by atoms with E-state index >= 15 is 0 Å². The van der Waals surface area contributed by atoms with Gasteiger partial charge < -0.3 is 0 Å². The van der Waals surface area contributed by atoms with Gasteiger partial charge in [-0.1, -0.05) is 48.0 Å². The number of hydrogen-bond donors (Lipinski definition) is 0. The summed E-state index contributed by atoms with van der Waals surface area (Å²) in [6.07, 6.45) is -4.31. The third-order valence-corrected chi connectivity index (χ3v) is 3.91. The Bertz CT molecular complexity index is 532. The second kappa shape index (κ2) is 6.35. The largest absolute Gasteiger partial charge is 0.400 e. The Morgan fingerprint density at radius 2 is 1.55 bits per heavy atom. The van der Waals surface area contributed by atoms with Crippen LogP contribution < -0.4 is 0 Å². The van der Waals surface area contributed by atoms with Crippen molar-refractivity contribution < 1.29 is 13.2 Å². The molecule has 1 radical (unpaired) electrons. The fourth-order valence-electron chi connectivity index (χ4n) is 1.76. The summed E-state index contributed by atoms with van der Waals surface area (Å²) in [5, 5.41) is 0. The molecule has 0 amide bonds. The Morgan fingerprint density at radius 1 is 0.950 bits per heavy atom. The summed E-state index contributed by atoms with van der Waals surface area (Å²) in [6.45, 7) is 1.95. The van der Waals surface area contributed by atoms with Gasteiger partial charge in [0.25, 0.3) is 0 Å². The first kappa shape index (κ1) is 15.0. The molecule has 0 atom stereocenters. The first-order valence-corrected chi connectivity index (χ1v) is 7.13. The van der Waals surface area contributed by atoms with E-state index in [-0.39, 0.29) is 11.3 Å². The zero-order valence-electron chi connectivity index (χ0n) is 10.9. The van der Waals surface area contributed by atoms with Gasteiger partial charge in [-0.05, 0) is 24.6 Å². The number of thioether (sulfide) groups is 1. The average molecular weight is 295 g/mol. The molecule has 0 spiro atoms. The van der Waals surface area contributed by atoms with E-state index in [1.165, 1.54) is 23.9 Å². The molecule has 0 saturated carbocycles. The van der Waals surface area contributed by atoms with Crippen LogP contribution in [-0.4, -0.2) is 11.9 Å². The van der Waals surface area contributed by atoms with Crippen molar-refractivity contribution in [3.63, 3.8) is 0 Å². The Balaban J connectivity index is 2.11. The maximum atomic E-state index is 13.1. The molecule has 0 fully saturated rings. The third-order valence-electron chi connectivity index (χ3n) is 2.87. The molecule has 2 rings (SSSR count). The van der Waals surface area contributed by atoms with E-state index in [1.807, 2.05) is 31.2 Å². The van der Waals surface area contributed by atoms with E-state index in [0.717, 1.165) is 10.5 Å². The van der Waals surface area contributed by atoms with Crippen LogP contribution in [0.25, 0.3) is 0 Å². The first-order chi connectivity index (χ1) is 9.47. The summed E-state index contributed by atoms with van der Waals surface area (Å²) >= 11 is 1.20. The molecule has 0 aliphatic carbocycles. The van der Waals surface area contributed by atoms with Gasteiger partial charge in [-0.2, -0.15) is 13.2 Å².